The van der Waals surface area contributed by atoms with Crippen molar-refractivity contribution in [3.63, 3.8) is 0 Å². The van der Waals surface area contributed by atoms with Crippen molar-refractivity contribution < 1.29 is 9.90 Å². The summed E-state index contributed by atoms with van der Waals surface area (Å²) >= 11 is 0. The predicted octanol–water partition coefficient (Wildman–Crippen LogP) is 2.10. The van der Waals surface area contributed by atoms with Crippen LogP contribution in [0.25, 0.3) is 0 Å². The fraction of sp³-hybridized carbons (Fsp3) is 0.667. The molecule has 1 atom stereocenters. The molecule has 0 saturated carbocycles. The van der Waals surface area contributed by atoms with Crippen molar-refractivity contribution in [2.75, 3.05) is 0 Å². The molecule has 0 aliphatic carbocycles. The zero-order valence-electron chi connectivity index (χ0n) is 10.4. The average Bonchev–Trinajstić information content (AvgIpc) is 2.48. The molecule has 0 bridgehead atoms. The number of rotatable bonds is 4. The second kappa shape index (κ2) is 4.68. The summed E-state index contributed by atoms with van der Waals surface area (Å²) in [7, 11) is 1.86. The van der Waals surface area contributed by atoms with Crippen molar-refractivity contribution in [3.8, 4) is 0 Å². The number of carbonyl (C=O) groups is 1. The summed E-state index contributed by atoms with van der Waals surface area (Å²) in [6.07, 6.45) is 5.15. The van der Waals surface area contributed by atoms with E-state index in [4.69, 9.17) is 0 Å². The average molecular weight is 224 g/mol. The molecule has 0 spiro atoms. The number of carboxylic acid groups (broad SMARTS) is 1. The summed E-state index contributed by atoms with van der Waals surface area (Å²) in [6.45, 7) is 5.90. The number of aryl methyl sites for hydroxylation is 2. The van der Waals surface area contributed by atoms with Crippen molar-refractivity contribution in [2.45, 2.75) is 33.6 Å². The standard InChI is InChI=1S/C12H20N2O2/c1-12(2,3)10(11(15)16)6-5-9-7-13-14(4)8-9/h7-8,10H,5-6H2,1-4H3,(H,15,16). The van der Waals surface area contributed by atoms with Crippen LogP contribution in [0.4, 0.5) is 0 Å². The van der Waals surface area contributed by atoms with E-state index in [1.807, 2.05) is 34.0 Å². The van der Waals surface area contributed by atoms with Gasteiger partial charge >= 0.3 is 5.97 Å². The van der Waals surface area contributed by atoms with Gasteiger partial charge in [0.25, 0.3) is 0 Å². The van der Waals surface area contributed by atoms with Crippen LogP contribution >= 0.6 is 0 Å². The van der Waals surface area contributed by atoms with Gasteiger partial charge in [0.2, 0.25) is 0 Å². The summed E-state index contributed by atoms with van der Waals surface area (Å²) < 4.78 is 1.74. The monoisotopic (exact) mass is 224 g/mol. The topological polar surface area (TPSA) is 55.1 Å². The summed E-state index contributed by atoms with van der Waals surface area (Å²) in [6, 6.07) is 0. The largest absolute Gasteiger partial charge is 0.481 e. The lowest BCUT2D eigenvalue weighted by Gasteiger charge is -2.26. The molecular weight excluding hydrogens is 204 g/mol. The van der Waals surface area contributed by atoms with E-state index in [9.17, 15) is 9.90 Å². The van der Waals surface area contributed by atoms with E-state index >= 15 is 0 Å². The molecular formula is C12H20N2O2. The second-order valence-electron chi connectivity index (χ2n) is 5.32. The van der Waals surface area contributed by atoms with Crippen molar-refractivity contribution in [1.29, 1.82) is 0 Å². The van der Waals surface area contributed by atoms with Gasteiger partial charge in [-0.3, -0.25) is 9.48 Å². The number of hydrogen-bond acceptors (Lipinski definition) is 2. The molecule has 1 aromatic rings. The maximum Gasteiger partial charge on any atom is 0.307 e. The molecule has 4 heteroatoms. The van der Waals surface area contributed by atoms with Crippen molar-refractivity contribution in [2.24, 2.45) is 18.4 Å². The molecule has 4 nitrogen and oxygen atoms in total. The van der Waals surface area contributed by atoms with Crippen LogP contribution in [0.2, 0.25) is 0 Å². The molecule has 0 fully saturated rings. The van der Waals surface area contributed by atoms with Crippen molar-refractivity contribution >= 4 is 5.97 Å². The molecule has 0 aliphatic rings. The molecule has 0 aliphatic heterocycles. The van der Waals surface area contributed by atoms with E-state index in [2.05, 4.69) is 5.10 Å². The Hall–Kier alpha value is -1.32. The van der Waals surface area contributed by atoms with Gasteiger partial charge in [0.15, 0.2) is 0 Å². The van der Waals surface area contributed by atoms with Gasteiger partial charge in [-0.2, -0.15) is 5.10 Å². The highest BCUT2D eigenvalue weighted by Gasteiger charge is 2.30. The zero-order chi connectivity index (χ0) is 12.3. The van der Waals surface area contributed by atoms with Gasteiger partial charge in [0, 0.05) is 13.2 Å². The first-order chi connectivity index (χ1) is 7.30. The molecule has 1 aromatic heterocycles. The van der Waals surface area contributed by atoms with Crippen LogP contribution in [-0.2, 0) is 18.3 Å². The molecule has 1 unspecified atom stereocenters. The minimum Gasteiger partial charge on any atom is -0.481 e. The van der Waals surface area contributed by atoms with Gasteiger partial charge in [-0.25, -0.2) is 0 Å². The summed E-state index contributed by atoms with van der Waals surface area (Å²) in [5.41, 5.74) is 0.895. The fourth-order valence-electron chi connectivity index (χ4n) is 1.84. The Morgan fingerprint density at radius 2 is 2.19 bits per heavy atom. The van der Waals surface area contributed by atoms with Crippen LogP contribution < -0.4 is 0 Å². The van der Waals surface area contributed by atoms with E-state index in [-0.39, 0.29) is 11.3 Å². The highest BCUT2D eigenvalue weighted by atomic mass is 16.4. The van der Waals surface area contributed by atoms with E-state index in [1.165, 1.54) is 0 Å². The van der Waals surface area contributed by atoms with E-state index in [1.54, 1.807) is 10.9 Å². The Kier molecular flexibility index (Phi) is 3.73. The van der Waals surface area contributed by atoms with Gasteiger partial charge < -0.3 is 5.11 Å². The van der Waals surface area contributed by atoms with Crippen LogP contribution in [0.1, 0.15) is 32.8 Å². The lowest BCUT2D eigenvalue weighted by molar-refractivity contribution is -0.145. The number of aromatic nitrogens is 2. The molecule has 0 aromatic carbocycles. The third kappa shape index (κ3) is 3.36. The normalized spacial score (nSPS) is 13.8. The Morgan fingerprint density at radius 3 is 2.56 bits per heavy atom. The van der Waals surface area contributed by atoms with Crippen LogP contribution in [0.15, 0.2) is 12.4 Å². The molecule has 1 heterocycles. The van der Waals surface area contributed by atoms with Crippen LogP contribution in [0, 0.1) is 11.3 Å². The molecule has 0 radical (unpaired) electrons. The lowest BCUT2D eigenvalue weighted by Crippen LogP contribution is -2.28. The maximum absolute atomic E-state index is 11.2. The molecule has 1 rings (SSSR count). The summed E-state index contributed by atoms with van der Waals surface area (Å²) in [4.78, 5) is 11.2. The van der Waals surface area contributed by atoms with Gasteiger partial charge in [-0.05, 0) is 23.8 Å². The molecule has 90 valence electrons. The van der Waals surface area contributed by atoms with Crippen LogP contribution in [0.3, 0.4) is 0 Å². The Labute approximate surface area is 96.3 Å². The van der Waals surface area contributed by atoms with Gasteiger partial charge in [0.05, 0.1) is 12.1 Å². The smallest absolute Gasteiger partial charge is 0.307 e. The minimum absolute atomic E-state index is 0.200. The quantitative estimate of drug-likeness (QED) is 0.852. The molecule has 16 heavy (non-hydrogen) atoms. The third-order valence-corrected chi connectivity index (χ3v) is 2.82. The predicted molar refractivity (Wildman–Crippen MR) is 62.1 cm³/mol. The van der Waals surface area contributed by atoms with Gasteiger partial charge in [0.1, 0.15) is 0 Å². The minimum atomic E-state index is -0.712. The fourth-order valence-corrected chi connectivity index (χ4v) is 1.84. The van der Waals surface area contributed by atoms with Gasteiger partial charge in [-0.1, -0.05) is 20.8 Å². The number of nitrogens with zero attached hydrogens (tertiary/aromatic N) is 2. The Balaban J connectivity index is 2.61. The summed E-state index contributed by atoms with van der Waals surface area (Å²) in [5.74, 6) is -1.02. The van der Waals surface area contributed by atoms with Crippen molar-refractivity contribution in [1.82, 2.24) is 9.78 Å². The van der Waals surface area contributed by atoms with E-state index in [0.29, 0.717) is 6.42 Å². The maximum atomic E-state index is 11.2. The molecule has 0 saturated heterocycles. The third-order valence-electron chi connectivity index (χ3n) is 2.82. The second-order valence-corrected chi connectivity index (χ2v) is 5.32. The van der Waals surface area contributed by atoms with Crippen LogP contribution in [-0.4, -0.2) is 20.9 Å². The van der Waals surface area contributed by atoms with E-state index < -0.39 is 5.97 Å². The first-order valence-corrected chi connectivity index (χ1v) is 5.51. The zero-order valence-corrected chi connectivity index (χ0v) is 10.4. The molecule has 1 N–H and O–H groups in total. The summed E-state index contributed by atoms with van der Waals surface area (Å²) in [5, 5.41) is 13.2. The van der Waals surface area contributed by atoms with Crippen molar-refractivity contribution in [3.05, 3.63) is 18.0 Å². The first-order valence-electron chi connectivity index (χ1n) is 5.51. The van der Waals surface area contributed by atoms with E-state index in [0.717, 1.165) is 12.0 Å². The highest BCUT2D eigenvalue weighted by molar-refractivity contribution is 5.70. The van der Waals surface area contributed by atoms with Gasteiger partial charge in [-0.15, -0.1) is 0 Å². The Morgan fingerprint density at radius 1 is 1.56 bits per heavy atom. The molecule has 0 amide bonds. The van der Waals surface area contributed by atoms with Crippen LogP contribution in [0.5, 0.6) is 0 Å². The number of aliphatic carboxylic acids is 1. The first kappa shape index (κ1) is 12.7. The lowest BCUT2D eigenvalue weighted by atomic mass is 9.78. The highest BCUT2D eigenvalue weighted by Crippen LogP contribution is 2.29. The SMILES string of the molecule is Cn1cc(CCC(C(=O)O)C(C)(C)C)cn1. The Bertz CT molecular complexity index is 363. The number of carboxylic acids is 1. The number of hydrogen-bond donors (Lipinski definition) is 1.